The molecule has 1 aromatic heterocycles. The molecule has 2 rings (SSSR count). The van der Waals surface area contributed by atoms with Crippen molar-refractivity contribution in [3.05, 3.63) is 22.7 Å². The monoisotopic (exact) mass is 477 g/mol. The molecule has 0 radical (unpaired) electrons. The lowest BCUT2D eigenvalue weighted by molar-refractivity contribution is -0.149. The van der Waals surface area contributed by atoms with Gasteiger partial charge in [-0.2, -0.15) is 8.78 Å². The van der Waals surface area contributed by atoms with Crippen molar-refractivity contribution in [3.63, 3.8) is 0 Å². The number of aliphatic hydroxyl groups is 1. The second-order valence-electron chi connectivity index (χ2n) is 8.34. The summed E-state index contributed by atoms with van der Waals surface area (Å²) >= 11 is 0. The molecule has 0 bridgehead atoms. The Morgan fingerprint density at radius 1 is 1.33 bits per heavy atom. The Balaban J connectivity index is 2.28. The zero-order valence-corrected chi connectivity index (χ0v) is 18.9. The molecule has 0 saturated carbocycles. The predicted octanol–water partition coefficient (Wildman–Crippen LogP) is 2.83. The normalized spacial score (nSPS) is 22.0. The Hall–Kier alpha value is -2.80. The van der Waals surface area contributed by atoms with Crippen LogP contribution in [0, 0.1) is 0 Å². The van der Waals surface area contributed by atoms with Crippen LogP contribution in [-0.2, 0) is 18.9 Å². The van der Waals surface area contributed by atoms with Crippen LogP contribution in [0.15, 0.2) is 17.1 Å². The highest BCUT2D eigenvalue weighted by Crippen LogP contribution is 2.45. The van der Waals surface area contributed by atoms with Gasteiger partial charge in [0.25, 0.3) is 0 Å². The van der Waals surface area contributed by atoms with E-state index in [0.717, 1.165) is 25.1 Å². The van der Waals surface area contributed by atoms with Gasteiger partial charge in [-0.25, -0.2) is 23.9 Å². The van der Waals surface area contributed by atoms with Crippen LogP contribution < -0.4 is 11.0 Å². The van der Waals surface area contributed by atoms with Crippen molar-refractivity contribution in [1.29, 1.82) is 0 Å². The maximum atomic E-state index is 15.3. The molecule has 1 amide bonds. The van der Waals surface area contributed by atoms with E-state index in [0.29, 0.717) is 11.0 Å². The van der Waals surface area contributed by atoms with E-state index >= 15 is 8.78 Å². The summed E-state index contributed by atoms with van der Waals surface area (Å²) in [7, 11) is 0. The molecular formula is C20H29F2N3O8. The number of rotatable bonds is 8. The molecule has 0 aliphatic carbocycles. The molecule has 11 nitrogen and oxygen atoms in total. The first-order valence-electron chi connectivity index (χ1n) is 10.5. The maximum absolute atomic E-state index is 15.3. The number of ether oxygens (including phenoxy) is 4. The molecular weight excluding hydrogens is 448 g/mol. The summed E-state index contributed by atoms with van der Waals surface area (Å²) in [6, 6.07) is 1.10. The third-order valence-electron chi connectivity index (χ3n) is 4.47. The van der Waals surface area contributed by atoms with Gasteiger partial charge in [-0.15, -0.1) is 0 Å². The molecule has 2 heterocycles. The fourth-order valence-electron chi connectivity index (χ4n) is 3.02. The van der Waals surface area contributed by atoms with E-state index in [4.69, 9.17) is 18.9 Å². The second kappa shape index (κ2) is 10.9. The third-order valence-corrected chi connectivity index (χ3v) is 4.47. The number of aromatic nitrogens is 2. The zero-order chi connectivity index (χ0) is 24.8. The van der Waals surface area contributed by atoms with Gasteiger partial charge < -0.3 is 24.1 Å². The Labute approximate surface area is 189 Å². The number of carbonyl (C=O) groups is 2. The van der Waals surface area contributed by atoms with Crippen molar-refractivity contribution in [2.24, 2.45) is 0 Å². The van der Waals surface area contributed by atoms with E-state index in [9.17, 15) is 19.5 Å². The van der Waals surface area contributed by atoms with Crippen molar-refractivity contribution >= 4 is 18.1 Å². The number of nitrogens with zero attached hydrogens (tertiary/aromatic N) is 2. The number of amides is 1. The van der Waals surface area contributed by atoms with Crippen LogP contribution in [0.2, 0.25) is 0 Å². The Bertz CT molecular complexity index is 887. The number of unbranched alkanes of at least 4 members (excludes halogenated alkanes) is 2. The van der Waals surface area contributed by atoms with Crippen molar-refractivity contribution in [2.45, 2.75) is 76.9 Å². The second-order valence-corrected chi connectivity index (χ2v) is 8.34. The summed E-state index contributed by atoms with van der Waals surface area (Å²) in [6.07, 6.45) is -5.32. The molecule has 3 atom stereocenters. The summed E-state index contributed by atoms with van der Waals surface area (Å²) < 4.78 is 50.7. The number of aliphatic hydroxyl groups excluding tert-OH is 1. The van der Waals surface area contributed by atoms with E-state index in [1.165, 1.54) is 20.8 Å². The average Bonchev–Trinajstić information content (AvgIpc) is 2.94. The quantitative estimate of drug-likeness (QED) is 0.427. The number of anilines is 1. The first-order valence-corrected chi connectivity index (χ1v) is 10.5. The van der Waals surface area contributed by atoms with Gasteiger partial charge in [-0.3, -0.25) is 5.32 Å². The first kappa shape index (κ1) is 26.5. The highest BCUT2D eigenvalue weighted by Gasteiger charge is 2.63. The Morgan fingerprint density at radius 2 is 2.03 bits per heavy atom. The molecule has 33 heavy (non-hydrogen) atoms. The van der Waals surface area contributed by atoms with Gasteiger partial charge in [-0.05, 0) is 33.3 Å². The van der Waals surface area contributed by atoms with E-state index < -0.39 is 54.5 Å². The lowest BCUT2D eigenvalue weighted by Crippen LogP contribution is -2.45. The van der Waals surface area contributed by atoms with Crippen molar-refractivity contribution in [3.8, 4) is 0 Å². The van der Waals surface area contributed by atoms with E-state index in [-0.39, 0.29) is 12.4 Å². The summed E-state index contributed by atoms with van der Waals surface area (Å²) in [5, 5.41) is 11.7. The van der Waals surface area contributed by atoms with E-state index in [2.05, 4.69) is 10.3 Å². The van der Waals surface area contributed by atoms with Gasteiger partial charge >= 0.3 is 23.9 Å². The van der Waals surface area contributed by atoms with Gasteiger partial charge in [0.2, 0.25) is 12.3 Å². The summed E-state index contributed by atoms with van der Waals surface area (Å²) in [4.78, 5) is 39.8. The molecule has 1 aromatic rings. The highest BCUT2D eigenvalue weighted by molar-refractivity contribution is 5.83. The largest absolute Gasteiger partial charge is 0.509 e. The van der Waals surface area contributed by atoms with Gasteiger partial charge in [0.05, 0.1) is 13.2 Å². The Morgan fingerprint density at radius 3 is 2.64 bits per heavy atom. The lowest BCUT2D eigenvalue weighted by Gasteiger charge is -2.26. The fraction of sp³-hybridized carbons (Fsp3) is 0.700. The smallest absolute Gasteiger partial charge is 0.449 e. The number of nitrogens with one attached hydrogen (secondary N) is 1. The van der Waals surface area contributed by atoms with Crippen LogP contribution in [0.25, 0.3) is 0 Å². The number of halogens is 2. The molecule has 0 aromatic carbocycles. The number of alkyl halides is 2. The first-order chi connectivity index (χ1) is 15.4. The minimum absolute atomic E-state index is 0.101. The van der Waals surface area contributed by atoms with Crippen LogP contribution in [0.1, 0.15) is 53.2 Å². The zero-order valence-electron chi connectivity index (χ0n) is 18.9. The van der Waals surface area contributed by atoms with Crippen LogP contribution >= 0.6 is 0 Å². The highest BCUT2D eigenvalue weighted by atomic mass is 19.3. The van der Waals surface area contributed by atoms with E-state index in [1.807, 2.05) is 6.92 Å². The number of hydrogen-bond donors (Lipinski definition) is 2. The van der Waals surface area contributed by atoms with Gasteiger partial charge in [0.1, 0.15) is 17.5 Å². The Kier molecular flexibility index (Phi) is 8.72. The standard InChI is InChI=1S/C20H29F2N3O8/c1-5-6-7-10-30-17(28)24-13-8-9-23-16(27)25(13)15-20(21,22)14(12(11-26)31-15)32-18(29)33-19(2,3)4/h8-9,12,14-15,26H,5-7,10-11H2,1-4H3,(H,24,28)/t12-,14-,15-/m1/s1. The minimum Gasteiger partial charge on any atom is -0.449 e. The molecule has 1 saturated heterocycles. The molecule has 1 fully saturated rings. The summed E-state index contributed by atoms with van der Waals surface area (Å²) in [5.41, 5.74) is -2.19. The lowest BCUT2D eigenvalue weighted by atomic mass is 10.1. The van der Waals surface area contributed by atoms with Gasteiger partial charge in [0.15, 0.2) is 0 Å². The van der Waals surface area contributed by atoms with Crippen LogP contribution in [0.3, 0.4) is 0 Å². The molecule has 186 valence electrons. The minimum atomic E-state index is -4.00. The number of hydrogen-bond acceptors (Lipinski definition) is 9. The van der Waals surface area contributed by atoms with E-state index in [1.54, 1.807) is 0 Å². The van der Waals surface area contributed by atoms with Gasteiger partial charge in [-0.1, -0.05) is 19.8 Å². The molecule has 2 N–H and O–H groups in total. The molecule has 1 aliphatic rings. The predicted molar refractivity (Wildman–Crippen MR) is 110 cm³/mol. The maximum Gasteiger partial charge on any atom is 0.509 e. The van der Waals surface area contributed by atoms with Crippen LogP contribution in [0.5, 0.6) is 0 Å². The SMILES string of the molecule is CCCCCOC(=O)Nc1ccnc(=O)n1[C@@H]1O[C@H](CO)[C@@H](OC(=O)OC(C)(C)C)C1(F)F. The summed E-state index contributed by atoms with van der Waals surface area (Å²) in [5.74, 6) is -4.38. The van der Waals surface area contributed by atoms with Crippen LogP contribution in [-0.4, -0.2) is 63.9 Å². The molecule has 1 aliphatic heterocycles. The third kappa shape index (κ3) is 6.84. The average molecular weight is 477 g/mol. The van der Waals surface area contributed by atoms with Crippen LogP contribution in [0.4, 0.5) is 24.2 Å². The van der Waals surface area contributed by atoms with Gasteiger partial charge in [0, 0.05) is 6.20 Å². The molecule has 13 heteroatoms. The topological polar surface area (TPSA) is 138 Å². The fourth-order valence-corrected chi connectivity index (χ4v) is 3.02. The van der Waals surface area contributed by atoms with Crippen molar-refractivity contribution in [1.82, 2.24) is 9.55 Å². The van der Waals surface area contributed by atoms with Crippen molar-refractivity contribution in [2.75, 3.05) is 18.5 Å². The van der Waals surface area contributed by atoms with Crippen molar-refractivity contribution < 1.29 is 42.4 Å². The summed E-state index contributed by atoms with van der Waals surface area (Å²) in [6.45, 7) is 5.66. The molecule has 0 unspecified atom stereocenters. The molecule has 0 spiro atoms. The number of carbonyl (C=O) groups excluding carboxylic acids is 2.